The molecule has 0 aliphatic carbocycles. The van der Waals surface area contributed by atoms with Crippen LogP contribution < -0.4 is 0 Å². The summed E-state index contributed by atoms with van der Waals surface area (Å²) in [5, 5.41) is 21.3. The van der Waals surface area contributed by atoms with Gasteiger partial charge in [-0.3, -0.25) is 0 Å². The lowest BCUT2D eigenvalue weighted by molar-refractivity contribution is 0.209. The second-order valence-corrected chi connectivity index (χ2v) is 7.04. The van der Waals surface area contributed by atoms with Crippen LogP contribution in [-0.2, 0) is 26.8 Å². The second kappa shape index (κ2) is 7.86. The van der Waals surface area contributed by atoms with Crippen LogP contribution in [0.5, 0.6) is 11.5 Å². The third-order valence-corrected chi connectivity index (χ3v) is 4.83. The first-order valence-electron chi connectivity index (χ1n) is 8.48. The number of aromatic nitrogens is 2. The lowest BCUT2D eigenvalue weighted by atomic mass is 10.2. The number of pyridine rings is 2. The highest BCUT2D eigenvalue weighted by Gasteiger charge is 2.22. The van der Waals surface area contributed by atoms with Crippen molar-refractivity contribution in [3.8, 4) is 11.5 Å². The second-order valence-electron chi connectivity index (χ2n) is 6.07. The van der Waals surface area contributed by atoms with E-state index in [1.54, 1.807) is 48.5 Å². The molecule has 4 aromatic rings. The third-order valence-electron chi connectivity index (χ3n) is 4.15. The largest absolute Gasteiger partial charge is 0.698 e. The van der Waals surface area contributed by atoms with E-state index < -0.39 is 8.25 Å². The highest BCUT2D eigenvalue weighted by molar-refractivity contribution is 7.33. The van der Waals surface area contributed by atoms with Gasteiger partial charge in [-0.2, -0.15) is 0 Å². The highest BCUT2D eigenvalue weighted by atomic mass is 31.1. The summed E-state index contributed by atoms with van der Waals surface area (Å²) in [5.74, 6) is 0.149. The minimum atomic E-state index is -2.38. The van der Waals surface area contributed by atoms with Gasteiger partial charge in [-0.25, -0.2) is 9.97 Å². The van der Waals surface area contributed by atoms with Crippen LogP contribution in [-0.4, -0.2) is 20.2 Å². The lowest BCUT2D eigenvalue weighted by Gasteiger charge is -2.02. The van der Waals surface area contributed by atoms with Gasteiger partial charge >= 0.3 is 8.25 Å². The molecule has 7 nitrogen and oxygen atoms in total. The SMILES string of the molecule is O=[P+](OCc1ccc2cccc(O)c2n1)OCc1ccc2cccc(O)c2n1. The maximum atomic E-state index is 12.0. The van der Waals surface area contributed by atoms with Gasteiger partial charge in [0.15, 0.2) is 0 Å². The number of aromatic hydroxyl groups is 2. The molecule has 0 atom stereocenters. The minimum Gasteiger partial charge on any atom is -0.506 e. The van der Waals surface area contributed by atoms with E-state index in [1.165, 1.54) is 0 Å². The van der Waals surface area contributed by atoms with Crippen LogP contribution >= 0.6 is 8.25 Å². The van der Waals surface area contributed by atoms with Crippen LogP contribution in [0, 0.1) is 0 Å². The molecular weight excluding hydrogens is 379 g/mol. The standard InChI is InChI=1S/C20H15N2O5P/c23-17-5-1-3-13-7-9-15(21-19(13)17)11-26-28(25)27-12-16-10-8-14-4-2-6-18(24)20(14)22-16/h1-10H,11-12H2,(H-,23,24)/p+1. The zero-order valence-electron chi connectivity index (χ0n) is 14.6. The van der Waals surface area contributed by atoms with Gasteiger partial charge in [0.1, 0.15) is 35.7 Å². The Balaban J connectivity index is 1.37. The Morgan fingerprint density at radius 1 is 0.714 bits per heavy atom. The molecule has 0 unspecified atom stereocenters. The number of hydrogen-bond acceptors (Lipinski definition) is 7. The average Bonchev–Trinajstić information content (AvgIpc) is 2.71. The first-order chi connectivity index (χ1) is 13.6. The van der Waals surface area contributed by atoms with Gasteiger partial charge < -0.3 is 10.2 Å². The van der Waals surface area contributed by atoms with E-state index >= 15 is 0 Å². The van der Waals surface area contributed by atoms with Crippen molar-refractivity contribution in [2.24, 2.45) is 0 Å². The number of phenols is 2. The molecule has 2 heterocycles. The quantitative estimate of drug-likeness (QED) is 0.461. The number of fused-ring (bicyclic) bond motifs is 2. The molecule has 28 heavy (non-hydrogen) atoms. The average molecular weight is 395 g/mol. The van der Waals surface area contributed by atoms with Crippen molar-refractivity contribution in [1.29, 1.82) is 0 Å². The number of hydrogen-bond donors (Lipinski definition) is 2. The van der Waals surface area contributed by atoms with Gasteiger partial charge in [-0.05, 0) is 24.3 Å². The molecule has 0 bridgehead atoms. The molecule has 0 amide bonds. The fourth-order valence-electron chi connectivity index (χ4n) is 2.78. The summed E-state index contributed by atoms with van der Waals surface area (Å²) in [5.41, 5.74) is 1.96. The molecule has 0 fully saturated rings. The fraction of sp³-hybridized carbons (Fsp3) is 0.100. The monoisotopic (exact) mass is 395 g/mol. The maximum absolute atomic E-state index is 12.0. The first-order valence-corrected chi connectivity index (χ1v) is 9.58. The van der Waals surface area contributed by atoms with Crippen molar-refractivity contribution in [2.75, 3.05) is 0 Å². The highest BCUT2D eigenvalue weighted by Crippen LogP contribution is 2.29. The van der Waals surface area contributed by atoms with Crippen molar-refractivity contribution in [1.82, 2.24) is 9.97 Å². The number of para-hydroxylation sites is 2. The van der Waals surface area contributed by atoms with E-state index in [0.717, 1.165) is 10.8 Å². The van der Waals surface area contributed by atoms with Crippen LogP contribution in [0.1, 0.15) is 11.4 Å². The lowest BCUT2D eigenvalue weighted by Crippen LogP contribution is -1.95. The maximum Gasteiger partial charge on any atom is 0.698 e. The van der Waals surface area contributed by atoms with Gasteiger partial charge in [0.2, 0.25) is 0 Å². The summed E-state index contributed by atoms with van der Waals surface area (Å²) >= 11 is 0. The molecule has 0 saturated heterocycles. The van der Waals surface area contributed by atoms with E-state index in [0.29, 0.717) is 22.4 Å². The predicted octanol–water partition coefficient (Wildman–Crippen LogP) is 4.59. The topological polar surface area (TPSA) is 102 Å². The van der Waals surface area contributed by atoms with E-state index in [2.05, 4.69) is 9.97 Å². The first kappa shape index (κ1) is 18.3. The van der Waals surface area contributed by atoms with E-state index in [-0.39, 0.29) is 24.7 Å². The van der Waals surface area contributed by atoms with Crippen molar-refractivity contribution in [3.63, 3.8) is 0 Å². The van der Waals surface area contributed by atoms with Crippen LogP contribution in [0.4, 0.5) is 0 Å². The molecule has 4 rings (SSSR count). The number of nitrogens with zero attached hydrogens (tertiary/aromatic N) is 2. The molecule has 2 aromatic carbocycles. The number of benzene rings is 2. The minimum absolute atomic E-state index is 0.0224. The molecule has 8 heteroatoms. The molecule has 2 N–H and O–H groups in total. The normalized spacial score (nSPS) is 11.1. The van der Waals surface area contributed by atoms with Crippen LogP contribution in [0.25, 0.3) is 21.8 Å². The van der Waals surface area contributed by atoms with Gasteiger partial charge in [0.25, 0.3) is 0 Å². The van der Waals surface area contributed by atoms with E-state index in [1.807, 2.05) is 12.1 Å². The van der Waals surface area contributed by atoms with Crippen LogP contribution in [0.2, 0.25) is 0 Å². The van der Waals surface area contributed by atoms with E-state index in [9.17, 15) is 14.8 Å². The Hall–Kier alpha value is -3.12. The molecule has 0 aliphatic heterocycles. The molecule has 140 valence electrons. The van der Waals surface area contributed by atoms with Gasteiger partial charge in [0.05, 0.1) is 11.4 Å². The van der Waals surface area contributed by atoms with Crippen molar-refractivity contribution < 1.29 is 23.8 Å². The summed E-state index contributed by atoms with van der Waals surface area (Å²) in [6.07, 6.45) is 0. The Morgan fingerprint density at radius 3 is 1.64 bits per heavy atom. The molecule has 0 aliphatic rings. The van der Waals surface area contributed by atoms with Gasteiger partial charge in [-0.15, -0.1) is 9.05 Å². The van der Waals surface area contributed by atoms with E-state index in [4.69, 9.17) is 9.05 Å². The molecular formula is C20H16N2O5P+. The number of phenolic OH excluding ortho intramolecular Hbond substituents is 2. The summed E-state index contributed by atoms with van der Waals surface area (Å²) in [6.45, 7) is -0.0448. The van der Waals surface area contributed by atoms with Crippen LogP contribution in [0.15, 0.2) is 60.7 Å². The summed E-state index contributed by atoms with van der Waals surface area (Å²) in [6, 6.07) is 17.3. The third kappa shape index (κ3) is 3.92. The molecule has 0 radical (unpaired) electrons. The van der Waals surface area contributed by atoms with Crippen molar-refractivity contribution in [2.45, 2.75) is 13.2 Å². The Morgan fingerprint density at radius 2 is 1.18 bits per heavy atom. The number of rotatable bonds is 6. The smallest absolute Gasteiger partial charge is 0.506 e. The van der Waals surface area contributed by atoms with Crippen LogP contribution in [0.3, 0.4) is 0 Å². The zero-order chi connectivity index (χ0) is 19.5. The Bertz CT molecular complexity index is 1090. The molecule has 0 spiro atoms. The fourth-order valence-corrected chi connectivity index (χ4v) is 3.33. The van der Waals surface area contributed by atoms with Gasteiger partial charge in [0, 0.05) is 15.3 Å². The summed E-state index contributed by atoms with van der Waals surface area (Å²) < 4.78 is 22.4. The Kier molecular flexibility index (Phi) is 5.12. The summed E-state index contributed by atoms with van der Waals surface area (Å²) in [7, 11) is -2.38. The Labute approximate surface area is 161 Å². The molecule has 2 aromatic heterocycles. The van der Waals surface area contributed by atoms with Crippen molar-refractivity contribution >= 4 is 30.1 Å². The van der Waals surface area contributed by atoms with Crippen molar-refractivity contribution in [3.05, 3.63) is 72.1 Å². The molecule has 0 saturated carbocycles. The van der Waals surface area contributed by atoms with Gasteiger partial charge in [-0.1, -0.05) is 36.4 Å². The zero-order valence-corrected chi connectivity index (χ0v) is 15.5. The summed E-state index contributed by atoms with van der Waals surface area (Å²) in [4.78, 5) is 8.62. The predicted molar refractivity (Wildman–Crippen MR) is 104 cm³/mol.